The van der Waals surface area contributed by atoms with Crippen molar-refractivity contribution in [2.45, 2.75) is 6.92 Å². The van der Waals surface area contributed by atoms with Crippen molar-refractivity contribution in [1.82, 2.24) is 10.3 Å². The lowest BCUT2D eigenvalue weighted by atomic mass is 10.2. The number of benzene rings is 2. The number of nitrogens with zero attached hydrogens (tertiary/aromatic N) is 1. The number of nitrogens with one attached hydrogen (secondary N) is 1. The van der Waals surface area contributed by atoms with Gasteiger partial charge in [0.15, 0.2) is 18.1 Å². The summed E-state index contributed by atoms with van der Waals surface area (Å²) in [6.45, 7) is 2.41. The van der Waals surface area contributed by atoms with Crippen LogP contribution in [0.15, 0.2) is 42.5 Å². The van der Waals surface area contributed by atoms with Crippen LogP contribution in [-0.4, -0.2) is 31.2 Å². The summed E-state index contributed by atoms with van der Waals surface area (Å²) in [5.74, 6) is 0.964. The summed E-state index contributed by atoms with van der Waals surface area (Å²) in [5, 5.41) is 3.64. The monoisotopic (exact) mass is 368 g/mol. The van der Waals surface area contributed by atoms with Crippen LogP contribution in [-0.2, 0) is 4.79 Å². The van der Waals surface area contributed by atoms with E-state index in [-0.39, 0.29) is 12.5 Å². The normalized spacial score (nSPS) is 11.0. The lowest BCUT2D eigenvalue weighted by Crippen LogP contribution is -2.28. The molecule has 3 aromatic rings. The zero-order valence-corrected chi connectivity index (χ0v) is 15.5. The molecular formula is C20H20N2O3S. The van der Waals surface area contributed by atoms with E-state index in [1.807, 2.05) is 49.4 Å². The molecule has 1 heterocycles. The Morgan fingerprint density at radius 2 is 2.04 bits per heavy atom. The highest BCUT2D eigenvalue weighted by atomic mass is 32.1. The van der Waals surface area contributed by atoms with Crippen LogP contribution in [0.25, 0.3) is 22.4 Å². The van der Waals surface area contributed by atoms with Crippen molar-refractivity contribution >= 4 is 39.6 Å². The predicted molar refractivity (Wildman–Crippen MR) is 106 cm³/mol. The first-order chi connectivity index (χ1) is 12.7. The molecule has 1 amide bonds. The quantitative estimate of drug-likeness (QED) is 0.685. The van der Waals surface area contributed by atoms with E-state index in [2.05, 4.69) is 16.4 Å². The Morgan fingerprint density at radius 1 is 1.19 bits per heavy atom. The van der Waals surface area contributed by atoms with Gasteiger partial charge in [-0.25, -0.2) is 4.98 Å². The number of hydrogen-bond donors (Lipinski definition) is 1. The number of carbonyl (C=O) groups excluding carboxylic acids is 1. The molecule has 2 aromatic carbocycles. The molecule has 0 aliphatic rings. The highest BCUT2D eigenvalue weighted by Crippen LogP contribution is 2.29. The summed E-state index contributed by atoms with van der Waals surface area (Å²) >= 11 is 1.65. The summed E-state index contributed by atoms with van der Waals surface area (Å²) < 4.78 is 12.1. The van der Waals surface area contributed by atoms with Crippen LogP contribution in [0, 0.1) is 0 Å². The Balaban J connectivity index is 1.72. The van der Waals surface area contributed by atoms with Crippen LogP contribution < -0.4 is 14.8 Å². The fourth-order valence-electron chi connectivity index (χ4n) is 2.43. The van der Waals surface area contributed by atoms with Crippen LogP contribution in [0.2, 0.25) is 0 Å². The first kappa shape index (κ1) is 17.9. The lowest BCUT2D eigenvalue weighted by Gasteiger charge is -2.11. The third-order valence-electron chi connectivity index (χ3n) is 3.65. The zero-order chi connectivity index (χ0) is 18.4. The molecule has 26 heavy (non-hydrogen) atoms. The van der Waals surface area contributed by atoms with Crippen LogP contribution in [0.1, 0.15) is 17.5 Å². The molecule has 0 unspecified atom stereocenters. The highest BCUT2D eigenvalue weighted by molar-refractivity contribution is 7.19. The topological polar surface area (TPSA) is 60.5 Å². The van der Waals surface area contributed by atoms with Crippen molar-refractivity contribution in [3.8, 4) is 11.5 Å². The summed E-state index contributed by atoms with van der Waals surface area (Å²) in [5.41, 5.74) is 1.97. The fourth-order valence-corrected chi connectivity index (χ4v) is 3.30. The van der Waals surface area contributed by atoms with Gasteiger partial charge in [-0.3, -0.25) is 4.79 Å². The molecule has 0 saturated heterocycles. The number of aromatic nitrogens is 1. The average Bonchev–Trinajstić information content (AvgIpc) is 3.08. The Hall–Kier alpha value is -2.86. The fraction of sp³-hybridized carbons (Fsp3) is 0.200. The first-order valence-electron chi connectivity index (χ1n) is 8.31. The smallest absolute Gasteiger partial charge is 0.257 e. The van der Waals surface area contributed by atoms with Crippen molar-refractivity contribution in [3.05, 3.63) is 53.0 Å². The third kappa shape index (κ3) is 4.40. The number of fused-ring (bicyclic) bond motifs is 1. The predicted octanol–water partition coefficient (Wildman–Crippen LogP) is 3.99. The standard InChI is InChI=1S/C20H20N2O3S/c1-3-21-19(23)13-25-16-10-8-14(12-17(16)24-2)9-11-20-22-15-6-4-5-7-18(15)26-20/h4-12H,3,13H2,1-2H3,(H,21,23)/b11-9+. The Morgan fingerprint density at radius 3 is 2.81 bits per heavy atom. The average molecular weight is 368 g/mol. The van der Waals surface area contributed by atoms with Gasteiger partial charge in [0.25, 0.3) is 5.91 Å². The summed E-state index contributed by atoms with van der Waals surface area (Å²) in [7, 11) is 1.58. The van der Waals surface area contributed by atoms with Crippen molar-refractivity contribution in [2.24, 2.45) is 0 Å². The van der Waals surface area contributed by atoms with Crippen molar-refractivity contribution in [1.29, 1.82) is 0 Å². The maximum Gasteiger partial charge on any atom is 0.257 e. The minimum absolute atomic E-state index is 0.0366. The van der Waals surface area contributed by atoms with Crippen molar-refractivity contribution in [2.75, 3.05) is 20.3 Å². The van der Waals surface area contributed by atoms with Crippen LogP contribution in [0.5, 0.6) is 11.5 Å². The maximum absolute atomic E-state index is 11.5. The molecule has 0 bridgehead atoms. The Bertz CT molecular complexity index is 901. The van der Waals surface area contributed by atoms with Gasteiger partial charge in [0.2, 0.25) is 0 Å². The number of methoxy groups -OCH3 is 1. The number of para-hydroxylation sites is 1. The van der Waals surface area contributed by atoms with Crippen LogP contribution >= 0.6 is 11.3 Å². The Kier molecular flexibility index (Phi) is 5.86. The van der Waals surface area contributed by atoms with Gasteiger partial charge < -0.3 is 14.8 Å². The first-order valence-corrected chi connectivity index (χ1v) is 9.12. The summed E-state index contributed by atoms with van der Waals surface area (Å²) in [4.78, 5) is 16.1. The van der Waals surface area contributed by atoms with Gasteiger partial charge in [0.1, 0.15) is 5.01 Å². The number of rotatable bonds is 7. The van der Waals surface area contributed by atoms with Gasteiger partial charge >= 0.3 is 0 Å². The van der Waals surface area contributed by atoms with E-state index in [4.69, 9.17) is 9.47 Å². The van der Waals surface area contributed by atoms with Gasteiger partial charge in [-0.05, 0) is 42.8 Å². The van der Waals surface area contributed by atoms with E-state index in [1.54, 1.807) is 24.5 Å². The molecule has 0 radical (unpaired) electrons. The number of ether oxygens (including phenoxy) is 2. The van der Waals surface area contributed by atoms with Gasteiger partial charge in [-0.15, -0.1) is 11.3 Å². The summed E-state index contributed by atoms with van der Waals surface area (Å²) in [6.07, 6.45) is 3.96. The Labute approximate surface area is 156 Å². The molecule has 3 rings (SSSR count). The third-order valence-corrected chi connectivity index (χ3v) is 4.65. The van der Waals surface area contributed by atoms with E-state index in [9.17, 15) is 4.79 Å². The highest BCUT2D eigenvalue weighted by Gasteiger charge is 2.08. The van der Waals surface area contributed by atoms with Crippen LogP contribution in [0.3, 0.4) is 0 Å². The number of carbonyl (C=O) groups is 1. The molecule has 0 spiro atoms. The lowest BCUT2D eigenvalue weighted by molar-refractivity contribution is -0.123. The number of thiazole rings is 1. The minimum atomic E-state index is -0.158. The molecule has 0 aliphatic carbocycles. The molecule has 134 valence electrons. The van der Waals surface area contributed by atoms with Gasteiger partial charge in [-0.2, -0.15) is 0 Å². The second-order valence-electron chi connectivity index (χ2n) is 5.51. The summed E-state index contributed by atoms with van der Waals surface area (Å²) in [6, 6.07) is 13.7. The zero-order valence-electron chi connectivity index (χ0n) is 14.7. The van der Waals surface area contributed by atoms with E-state index >= 15 is 0 Å². The second kappa shape index (κ2) is 8.49. The molecule has 1 N–H and O–H groups in total. The molecular weight excluding hydrogens is 348 g/mol. The molecule has 0 saturated carbocycles. The molecule has 0 atom stereocenters. The molecule has 5 nitrogen and oxygen atoms in total. The van der Waals surface area contributed by atoms with E-state index in [1.165, 1.54) is 4.70 Å². The molecule has 6 heteroatoms. The second-order valence-corrected chi connectivity index (χ2v) is 6.57. The number of amides is 1. The SMILES string of the molecule is CCNC(=O)COc1ccc(/C=C/c2nc3ccccc3s2)cc1OC. The van der Waals surface area contributed by atoms with Crippen molar-refractivity contribution < 1.29 is 14.3 Å². The minimum Gasteiger partial charge on any atom is -0.493 e. The largest absolute Gasteiger partial charge is 0.493 e. The molecule has 1 aromatic heterocycles. The van der Waals surface area contributed by atoms with E-state index < -0.39 is 0 Å². The van der Waals surface area contributed by atoms with Crippen LogP contribution in [0.4, 0.5) is 0 Å². The number of hydrogen-bond acceptors (Lipinski definition) is 5. The number of likely N-dealkylation sites (N-methyl/N-ethyl adjacent to an activating group) is 1. The van der Waals surface area contributed by atoms with Gasteiger partial charge in [0, 0.05) is 6.54 Å². The van der Waals surface area contributed by atoms with Gasteiger partial charge in [-0.1, -0.05) is 24.3 Å². The molecule has 0 fully saturated rings. The van der Waals surface area contributed by atoms with E-state index in [0.717, 1.165) is 16.1 Å². The maximum atomic E-state index is 11.5. The van der Waals surface area contributed by atoms with Gasteiger partial charge in [0.05, 0.1) is 17.3 Å². The van der Waals surface area contributed by atoms with E-state index in [0.29, 0.717) is 18.0 Å². The molecule has 0 aliphatic heterocycles. The van der Waals surface area contributed by atoms with Crippen molar-refractivity contribution in [3.63, 3.8) is 0 Å².